The third kappa shape index (κ3) is 4.67. The van der Waals surface area contributed by atoms with Crippen LogP contribution in [-0.4, -0.2) is 76.4 Å². The monoisotopic (exact) mass is 459 g/mol. The molecule has 34 heavy (non-hydrogen) atoms. The number of morpholine rings is 1. The molecule has 2 aromatic carbocycles. The summed E-state index contributed by atoms with van der Waals surface area (Å²) in [4.78, 5) is 29.5. The number of rotatable bonds is 6. The molecule has 0 unspecified atom stereocenters. The van der Waals surface area contributed by atoms with Gasteiger partial charge in [-0.2, -0.15) is 20.1 Å². The van der Waals surface area contributed by atoms with Crippen LogP contribution in [0.3, 0.4) is 0 Å². The highest BCUT2D eigenvalue weighted by Gasteiger charge is 2.19. The number of aromatic amines is 1. The summed E-state index contributed by atoms with van der Waals surface area (Å²) in [7, 11) is 3.49. The summed E-state index contributed by atoms with van der Waals surface area (Å²) >= 11 is 0. The highest BCUT2D eigenvalue weighted by molar-refractivity contribution is 5.92. The van der Waals surface area contributed by atoms with Crippen molar-refractivity contribution in [3.63, 3.8) is 0 Å². The van der Waals surface area contributed by atoms with Crippen LogP contribution in [0.1, 0.15) is 5.56 Å². The van der Waals surface area contributed by atoms with E-state index in [1.54, 1.807) is 25.2 Å². The molecule has 0 bridgehead atoms. The zero-order chi connectivity index (χ0) is 23.5. The van der Waals surface area contributed by atoms with Gasteiger partial charge in [0.05, 0.1) is 31.3 Å². The van der Waals surface area contributed by atoms with Gasteiger partial charge in [0, 0.05) is 38.1 Å². The van der Waals surface area contributed by atoms with Crippen molar-refractivity contribution in [1.82, 2.24) is 30.0 Å². The summed E-state index contributed by atoms with van der Waals surface area (Å²) in [5.41, 5.74) is 2.64. The van der Waals surface area contributed by atoms with Gasteiger partial charge in [-0.05, 0) is 23.8 Å². The van der Waals surface area contributed by atoms with Crippen LogP contribution in [0.2, 0.25) is 0 Å². The maximum atomic E-state index is 12.0. The molecule has 10 nitrogen and oxygen atoms in total. The van der Waals surface area contributed by atoms with Crippen LogP contribution in [0.4, 0.5) is 5.95 Å². The number of nitrogens with zero attached hydrogens (tertiary/aromatic N) is 6. The van der Waals surface area contributed by atoms with Gasteiger partial charge in [-0.15, -0.1) is 0 Å². The Morgan fingerprint density at radius 2 is 1.88 bits per heavy atom. The number of likely N-dealkylation sites (N-methyl/N-ethyl adjacent to an activating group) is 1. The van der Waals surface area contributed by atoms with Crippen LogP contribution in [0.5, 0.6) is 11.8 Å². The van der Waals surface area contributed by atoms with Crippen LogP contribution < -0.4 is 9.64 Å². The van der Waals surface area contributed by atoms with Gasteiger partial charge in [0.25, 0.3) is 0 Å². The molecule has 5 rings (SSSR count). The van der Waals surface area contributed by atoms with E-state index in [-0.39, 0.29) is 11.9 Å². The number of fused-ring (bicyclic) bond motifs is 1. The predicted octanol–water partition coefficient (Wildman–Crippen LogP) is 2.67. The first kappa shape index (κ1) is 21.8. The largest absolute Gasteiger partial charge is 0.424 e. The van der Waals surface area contributed by atoms with Crippen molar-refractivity contribution in [2.75, 3.05) is 45.3 Å². The summed E-state index contributed by atoms with van der Waals surface area (Å²) < 4.78 is 11.5. The van der Waals surface area contributed by atoms with Crippen molar-refractivity contribution in [1.29, 1.82) is 0 Å². The van der Waals surface area contributed by atoms with Crippen LogP contribution in [0.25, 0.3) is 22.3 Å². The number of carbonyl (C=O) groups excluding carboxylic acids is 1. The highest BCUT2D eigenvalue weighted by Crippen LogP contribution is 2.29. The van der Waals surface area contributed by atoms with Gasteiger partial charge in [0.15, 0.2) is 5.82 Å². The Morgan fingerprint density at radius 1 is 1.09 bits per heavy atom. The number of anilines is 1. The molecule has 174 valence electrons. The Balaban J connectivity index is 1.47. The van der Waals surface area contributed by atoms with E-state index in [0.29, 0.717) is 50.2 Å². The molecule has 3 heterocycles. The minimum Gasteiger partial charge on any atom is -0.424 e. The molecule has 1 aliphatic heterocycles. The van der Waals surface area contributed by atoms with Gasteiger partial charge in [0.2, 0.25) is 11.9 Å². The van der Waals surface area contributed by atoms with Gasteiger partial charge < -0.3 is 19.3 Å². The van der Waals surface area contributed by atoms with Gasteiger partial charge in [-0.1, -0.05) is 24.3 Å². The molecule has 0 aliphatic carbocycles. The van der Waals surface area contributed by atoms with E-state index in [1.165, 1.54) is 0 Å². The number of ether oxygens (including phenoxy) is 2. The van der Waals surface area contributed by atoms with Crippen LogP contribution in [0, 0.1) is 0 Å². The van der Waals surface area contributed by atoms with Crippen molar-refractivity contribution in [2.45, 2.75) is 6.42 Å². The van der Waals surface area contributed by atoms with Crippen molar-refractivity contribution in [3.8, 4) is 23.1 Å². The van der Waals surface area contributed by atoms with Gasteiger partial charge in [0.1, 0.15) is 5.75 Å². The van der Waals surface area contributed by atoms with Gasteiger partial charge in [-0.3, -0.25) is 9.89 Å². The second-order valence-corrected chi connectivity index (χ2v) is 8.19. The quantitative estimate of drug-likeness (QED) is 0.469. The Labute approximate surface area is 196 Å². The fraction of sp³-hybridized carbons (Fsp3) is 0.292. The highest BCUT2D eigenvalue weighted by atomic mass is 16.5. The summed E-state index contributed by atoms with van der Waals surface area (Å²) in [6.45, 7) is 2.60. The van der Waals surface area contributed by atoms with E-state index >= 15 is 0 Å². The van der Waals surface area contributed by atoms with E-state index < -0.39 is 0 Å². The summed E-state index contributed by atoms with van der Waals surface area (Å²) in [5, 5.41) is 8.05. The Bertz CT molecular complexity index is 1300. The first-order chi connectivity index (χ1) is 16.6. The minimum atomic E-state index is 0.0411. The number of hydrogen-bond acceptors (Lipinski definition) is 8. The second-order valence-electron chi connectivity index (χ2n) is 8.19. The number of amides is 1. The Morgan fingerprint density at radius 3 is 2.65 bits per heavy atom. The Kier molecular flexibility index (Phi) is 6.05. The lowest BCUT2D eigenvalue weighted by Crippen LogP contribution is -2.37. The molecular formula is C24H25N7O3. The topological polar surface area (TPSA) is 109 Å². The molecule has 0 atom stereocenters. The summed E-state index contributed by atoms with van der Waals surface area (Å²) in [6.07, 6.45) is 2.09. The summed E-state index contributed by atoms with van der Waals surface area (Å²) in [6, 6.07) is 13.4. The first-order valence-electron chi connectivity index (χ1n) is 11.0. The van der Waals surface area contributed by atoms with E-state index in [2.05, 4.69) is 25.1 Å². The molecule has 1 N–H and O–H groups in total. The number of carbonyl (C=O) groups is 1. The molecule has 1 amide bonds. The third-order valence-corrected chi connectivity index (χ3v) is 5.61. The standard InChI is InChI=1S/C24H25N7O3/c1-30(2)21(32)14-16-6-8-17(9-7-16)34-24-27-22(18-4-3-5-20-19(18)15-25-29-20)26-23(28-24)31-10-12-33-13-11-31/h3-9,15H,10-14H2,1-2H3,(H,25,29). The van der Waals surface area contributed by atoms with E-state index in [4.69, 9.17) is 14.5 Å². The number of hydrogen-bond donors (Lipinski definition) is 1. The van der Waals surface area contributed by atoms with Gasteiger partial charge >= 0.3 is 6.01 Å². The van der Waals surface area contributed by atoms with E-state index in [0.717, 1.165) is 22.0 Å². The lowest BCUT2D eigenvalue weighted by atomic mass is 10.1. The molecule has 4 aromatic rings. The lowest BCUT2D eigenvalue weighted by molar-refractivity contribution is -0.127. The Hall–Kier alpha value is -4.05. The molecular weight excluding hydrogens is 434 g/mol. The van der Waals surface area contributed by atoms with E-state index in [9.17, 15) is 4.79 Å². The van der Waals surface area contributed by atoms with Crippen LogP contribution in [-0.2, 0) is 16.0 Å². The summed E-state index contributed by atoms with van der Waals surface area (Å²) in [5.74, 6) is 1.66. The maximum absolute atomic E-state index is 12.0. The van der Waals surface area contributed by atoms with Crippen molar-refractivity contribution in [2.24, 2.45) is 0 Å². The van der Waals surface area contributed by atoms with Crippen LogP contribution in [0.15, 0.2) is 48.7 Å². The molecule has 1 saturated heterocycles. The normalized spacial score (nSPS) is 13.8. The van der Waals surface area contributed by atoms with Crippen molar-refractivity contribution < 1.29 is 14.3 Å². The molecule has 2 aromatic heterocycles. The molecule has 1 fully saturated rings. The van der Waals surface area contributed by atoms with Crippen molar-refractivity contribution >= 4 is 22.8 Å². The lowest BCUT2D eigenvalue weighted by Gasteiger charge is -2.27. The zero-order valence-electron chi connectivity index (χ0n) is 19.1. The third-order valence-electron chi connectivity index (χ3n) is 5.61. The molecule has 10 heteroatoms. The molecule has 1 aliphatic rings. The maximum Gasteiger partial charge on any atom is 0.327 e. The number of aromatic nitrogens is 5. The number of benzene rings is 2. The second kappa shape index (κ2) is 9.44. The molecule has 0 saturated carbocycles. The number of H-pyrrole nitrogens is 1. The minimum absolute atomic E-state index is 0.0411. The van der Waals surface area contributed by atoms with Crippen LogP contribution >= 0.6 is 0 Å². The molecule has 0 radical (unpaired) electrons. The van der Waals surface area contributed by atoms with Crippen molar-refractivity contribution in [3.05, 3.63) is 54.2 Å². The average Bonchev–Trinajstić information content (AvgIpc) is 3.35. The zero-order valence-corrected chi connectivity index (χ0v) is 19.1. The fourth-order valence-electron chi connectivity index (χ4n) is 3.69. The molecule has 0 spiro atoms. The van der Waals surface area contributed by atoms with E-state index in [1.807, 2.05) is 42.5 Å². The number of nitrogens with one attached hydrogen (secondary N) is 1. The average molecular weight is 460 g/mol. The fourth-order valence-corrected chi connectivity index (χ4v) is 3.69. The smallest absolute Gasteiger partial charge is 0.327 e. The SMILES string of the molecule is CN(C)C(=O)Cc1ccc(Oc2nc(-c3cccc4[nH]ncc34)nc(N3CCOCC3)n2)cc1. The van der Waals surface area contributed by atoms with Gasteiger partial charge in [-0.25, -0.2) is 0 Å². The predicted molar refractivity (Wildman–Crippen MR) is 127 cm³/mol. The first-order valence-corrected chi connectivity index (χ1v) is 11.0.